The molecule has 17 heavy (non-hydrogen) atoms. The molecule has 0 saturated carbocycles. The van der Waals surface area contributed by atoms with E-state index in [0.717, 1.165) is 22.3 Å². The van der Waals surface area contributed by atoms with Crippen LogP contribution in [0.3, 0.4) is 0 Å². The summed E-state index contributed by atoms with van der Waals surface area (Å²) in [5.74, 6) is 0. The van der Waals surface area contributed by atoms with Gasteiger partial charge in [-0.3, -0.25) is 4.98 Å². The highest BCUT2D eigenvalue weighted by Gasteiger charge is 2.07. The first-order valence-electron chi connectivity index (χ1n) is 5.97. The second-order valence-electron chi connectivity index (χ2n) is 4.64. The molecule has 2 rings (SSSR count). The molecule has 1 aromatic carbocycles. The number of rotatable bonds is 3. The normalized spacial score (nSPS) is 11.1. The van der Waals surface area contributed by atoms with Crippen LogP contribution in [-0.2, 0) is 6.54 Å². The minimum atomic E-state index is 0.395. The number of hydrogen-bond donors (Lipinski definition) is 2. The number of nitrogens with zero attached hydrogens (tertiary/aromatic N) is 1. The molecular weight excluding hydrogens is 210 g/mol. The van der Waals surface area contributed by atoms with Crippen molar-refractivity contribution in [3.05, 3.63) is 35.5 Å². The van der Waals surface area contributed by atoms with E-state index in [0.29, 0.717) is 12.6 Å². The molecule has 0 radical (unpaired) electrons. The average Bonchev–Trinajstić information content (AvgIpc) is 2.29. The molecule has 1 heterocycles. The summed E-state index contributed by atoms with van der Waals surface area (Å²) in [7, 11) is 0. The lowest BCUT2D eigenvalue weighted by molar-refractivity contribution is 0.898. The van der Waals surface area contributed by atoms with Crippen molar-refractivity contribution in [2.45, 2.75) is 33.4 Å². The van der Waals surface area contributed by atoms with Crippen LogP contribution in [0.15, 0.2) is 24.3 Å². The van der Waals surface area contributed by atoms with E-state index in [1.807, 2.05) is 6.07 Å². The fraction of sp³-hybridized carbons (Fsp3) is 0.357. The van der Waals surface area contributed by atoms with Gasteiger partial charge in [0.05, 0.1) is 11.2 Å². The van der Waals surface area contributed by atoms with Crippen molar-refractivity contribution >= 4 is 16.6 Å². The van der Waals surface area contributed by atoms with E-state index in [1.54, 1.807) is 0 Å². The van der Waals surface area contributed by atoms with Crippen LogP contribution >= 0.6 is 0 Å². The van der Waals surface area contributed by atoms with Crippen molar-refractivity contribution < 1.29 is 0 Å². The molecule has 3 nitrogen and oxygen atoms in total. The van der Waals surface area contributed by atoms with Gasteiger partial charge in [0.25, 0.3) is 0 Å². The summed E-state index contributed by atoms with van der Waals surface area (Å²) in [6.45, 7) is 6.81. The lowest BCUT2D eigenvalue weighted by Crippen LogP contribution is -2.11. The molecule has 90 valence electrons. The van der Waals surface area contributed by atoms with Gasteiger partial charge in [-0.25, -0.2) is 0 Å². The van der Waals surface area contributed by atoms with Gasteiger partial charge < -0.3 is 11.1 Å². The lowest BCUT2D eigenvalue weighted by atomic mass is 10.1. The van der Waals surface area contributed by atoms with Crippen LogP contribution in [-0.4, -0.2) is 11.0 Å². The Morgan fingerprint density at radius 1 is 1.35 bits per heavy atom. The summed E-state index contributed by atoms with van der Waals surface area (Å²) in [4.78, 5) is 4.60. The molecule has 0 aliphatic carbocycles. The van der Waals surface area contributed by atoms with Crippen LogP contribution in [0.4, 0.5) is 5.69 Å². The molecule has 3 heteroatoms. The summed E-state index contributed by atoms with van der Waals surface area (Å²) >= 11 is 0. The topological polar surface area (TPSA) is 50.9 Å². The molecule has 0 spiro atoms. The second kappa shape index (κ2) is 4.72. The zero-order chi connectivity index (χ0) is 12.4. The van der Waals surface area contributed by atoms with Gasteiger partial charge in [0, 0.05) is 23.7 Å². The molecule has 2 aromatic rings. The zero-order valence-corrected chi connectivity index (χ0v) is 10.6. The number of benzene rings is 1. The Kier molecular flexibility index (Phi) is 3.29. The molecule has 0 bridgehead atoms. The molecule has 0 aliphatic heterocycles. The Labute approximate surface area is 102 Å². The minimum Gasteiger partial charge on any atom is -0.382 e. The first-order chi connectivity index (χ1) is 8.11. The number of fused-ring (bicyclic) bond motifs is 1. The number of nitrogens with one attached hydrogen (secondary N) is 1. The van der Waals surface area contributed by atoms with E-state index in [-0.39, 0.29) is 0 Å². The van der Waals surface area contributed by atoms with Crippen LogP contribution in [0.5, 0.6) is 0 Å². The van der Waals surface area contributed by atoms with Crippen LogP contribution in [0.2, 0.25) is 0 Å². The summed E-state index contributed by atoms with van der Waals surface area (Å²) < 4.78 is 0. The molecule has 0 fully saturated rings. The molecule has 0 aliphatic rings. The van der Waals surface area contributed by atoms with E-state index in [1.165, 1.54) is 5.56 Å². The van der Waals surface area contributed by atoms with Crippen molar-refractivity contribution in [1.29, 1.82) is 0 Å². The number of hydrogen-bond acceptors (Lipinski definition) is 3. The first-order valence-corrected chi connectivity index (χ1v) is 5.97. The van der Waals surface area contributed by atoms with Crippen LogP contribution < -0.4 is 11.1 Å². The van der Waals surface area contributed by atoms with Gasteiger partial charge in [-0.1, -0.05) is 18.2 Å². The third-order valence-corrected chi connectivity index (χ3v) is 2.75. The highest BCUT2D eigenvalue weighted by atomic mass is 14.9. The molecular formula is C14H19N3. The number of nitrogens with two attached hydrogens (primary N) is 1. The Bertz CT molecular complexity index is 532. The van der Waals surface area contributed by atoms with Crippen molar-refractivity contribution in [3.8, 4) is 0 Å². The predicted octanol–water partition coefficient (Wildman–Crippen LogP) is 2.82. The van der Waals surface area contributed by atoms with Crippen LogP contribution in [0.1, 0.15) is 25.1 Å². The van der Waals surface area contributed by atoms with Crippen molar-refractivity contribution in [2.24, 2.45) is 5.73 Å². The Morgan fingerprint density at radius 3 is 2.76 bits per heavy atom. The van der Waals surface area contributed by atoms with E-state index >= 15 is 0 Å². The monoisotopic (exact) mass is 229 g/mol. The molecule has 3 N–H and O–H groups in total. The maximum Gasteiger partial charge on any atom is 0.0755 e. The number of para-hydroxylation sites is 1. The summed E-state index contributed by atoms with van der Waals surface area (Å²) in [6.07, 6.45) is 0. The number of aromatic nitrogens is 1. The third-order valence-electron chi connectivity index (χ3n) is 2.75. The maximum atomic E-state index is 5.70. The summed E-state index contributed by atoms with van der Waals surface area (Å²) in [5.41, 5.74) is 9.97. The largest absolute Gasteiger partial charge is 0.382 e. The molecule has 0 saturated heterocycles. The first kappa shape index (κ1) is 11.9. The number of pyridine rings is 1. The van der Waals surface area contributed by atoms with Crippen molar-refractivity contribution in [1.82, 2.24) is 4.98 Å². The van der Waals surface area contributed by atoms with Gasteiger partial charge in [0.15, 0.2) is 0 Å². The molecule has 1 aromatic heterocycles. The van der Waals surface area contributed by atoms with Crippen LogP contribution in [0.25, 0.3) is 10.9 Å². The molecule has 0 atom stereocenters. The van der Waals surface area contributed by atoms with Gasteiger partial charge in [-0.15, -0.1) is 0 Å². The SMILES string of the molecule is Cc1cccc2c(NC(C)C)cc(CN)nc12. The maximum absolute atomic E-state index is 5.70. The van der Waals surface area contributed by atoms with Crippen molar-refractivity contribution in [2.75, 3.05) is 5.32 Å². The molecule has 0 amide bonds. The smallest absolute Gasteiger partial charge is 0.0755 e. The average molecular weight is 229 g/mol. The van der Waals surface area contributed by atoms with E-state index < -0.39 is 0 Å². The zero-order valence-electron chi connectivity index (χ0n) is 10.6. The third kappa shape index (κ3) is 2.39. The van der Waals surface area contributed by atoms with E-state index in [9.17, 15) is 0 Å². The molecule has 0 unspecified atom stereocenters. The predicted molar refractivity (Wildman–Crippen MR) is 73.1 cm³/mol. The highest BCUT2D eigenvalue weighted by molar-refractivity contribution is 5.93. The standard InChI is InChI=1S/C14H19N3/c1-9(2)16-13-7-11(8-15)17-14-10(3)5-4-6-12(13)14/h4-7,9H,8,15H2,1-3H3,(H,16,17). The van der Waals surface area contributed by atoms with E-state index in [4.69, 9.17) is 5.73 Å². The van der Waals surface area contributed by atoms with Crippen molar-refractivity contribution in [3.63, 3.8) is 0 Å². The fourth-order valence-electron chi connectivity index (χ4n) is 1.98. The fourth-order valence-corrected chi connectivity index (χ4v) is 1.98. The van der Waals surface area contributed by atoms with Crippen LogP contribution in [0, 0.1) is 6.92 Å². The van der Waals surface area contributed by atoms with Gasteiger partial charge in [-0.2, -0.15) is 0 Å². The summed E-state index contributed by atoms with van der Waals surface area (Å²) in [5, 5.41) is 4.62. The summed E-state index contributed by atoms with van der Waals surface area (Å²) in [6, 6.07) is 8.68. The quantitative estimate of drug-likeness (QED) is 0.851. The Hall–Kier alpha value is -1.61. The van der Waals surface area contributed by atoms with Gasteiger partial charge >= 0.3 is 0 Å². The van der Waals surface area contributed by atoms with E-state index in [2.05, 4.69) is 49.3 Å². The highest BCUT2D eigenvalue weighted by Crippen LogP contribution is 2.26. The lowest BCUT2D eigenvalue weighted by Gasteiger charge is -2.14. The Morgan fingerprint density at radius 2 is 2.12 bits per heavy atom. The van der Waals surface area contributed by atoms with Gasteiger partial charge in [0.1, 0.15) is 0 Å². The van der Waals surface area contributed by atoms with Gasteiger partial charge in [-0.05, 0) is 32.4 Å². The van der Waals surface area contributed by atoms with Gasteiger partial charge in [0.2, 0.25) is 0 Å². The Balaban J connectivity index is 2.67. The number of aryl methyl sites for hydroxylation is 1. The minimum absolute atomic E-state index is 0.395. The number of anilines is 1. The second-order valence-corrected chi connectivity index (χ2v) is 4.64.